The number of hydrogen-bond acceptors (Lipinski definition) is 4. The first-order valence-electron chi connectivity index (χ1n) is 6.95. The van der Waals surface area contributed by atoms with Crippen LogP contribution in [0, 0.1) is 5.82 Å². The minimum Gasteiger partial charge on any atom is -0.497 e. The molecule has 0 aliphatic heterocycles. The molecule has 114 valence electrons. The Bertz CT molecular complexity index is 787. The van der Waals surface area contributed by atoms with Crippen LogP contribution in [0.4, 0.5) is 4.39 Å². The average Bonchev–Trinajstić information content (AvgIpc) is 2.88. The molecule has 22 heavy (non-hydrogen) atoms. The van der Waals surface area contributed by atoms with Gasteiger partial charge in [0.15, 0.2) is 0 Å². The van der Waals surface area contributed by atoms with Gasteiger partial charge in [-0.15, -0.1) is 0 Å². The number of benzene rings is 1. The van der Waals surface area contributed by atoms with E-state index in [9.17, 15) is 4.39 Å². The summed E-state index contributed by atoms with van der Waals surface area (Å²) < 4.78 is 18.4. The van der Waals surface area contributed by atoms with Crippen molar-refractivity contribution < 1.29 is 9.13 Å². The van der Waals surface area contributed by atoms with E-state index >= 15 is 0 Å². The summed E-state index contributed by atoms with van der Waals surface area (Å²) in [5.41, 5.74) is 2.40. The number of nitrogens with one attached hydrogen (secondary N) is 1. The molecule has 5 nitrogen and oxygen atoms in total. The summed E-state index contributed by atoms with van der Waals surface area (Å²) in [4.78, 5) is 14.0. The minimum absolute atomic E-state index is 0.267. The van der Waals surface area contributed by atoms with Crippen LogP contribution in [0.3, 0.4) is 0 Å². The summed E-state index contributed by atoms with van der Waals surface area (Å²) in [7, 11) is 3.62. The Labute approximate surface area is 127 Å². The van der Waals surface area contributed by atoms with Gasteiger partial charge in [-0.3, -0.25) is 9.88 Å². The highest BCUT2D eigenvalue weighted by molar-refractivity contribution is 5.74. The highest BCUT2D eigenvalue weighted by atomic mass is 19.1. The standard InChI is InChI=1S/C16H17FN4O/c1-21(9-12-8-13(22-2)5-6-18-12)10-16-19-14-4-3-11(17)7-15(14)20-16/h3-8H,9-10H2,1-2H3,(H,19,20). The maximum absolute atomic E-state index is 13.2. The number of fused-ring (bicyclic) bond motifs is 1. The molecule has 3 rings (SSSR count). The van der Waals surface area contributed by atoms with E-state index in [2.05, 4.69) is 19.9 Å². The highest BCUT2D eigenvalue weighted by Gasteiger charge is 2.08. The van der Waals surface area contributed by atoms with Crippen molar-refractivity contribution in [2.75, 3.05) is 14.2 Å². The molecule has 3 aromatic rings. The molecule has 6 heteroatoms. The third kappa shape index (κ3) is 3.23. The smallest absolute Gasteiger partial charge is 0.125 e. The Morgan fingerprint density at radius 2 is 2.09 bits per heavy atom. The van der Waals surface area contributed by atoms with Gasteiger partial charge >= 0.3 is 0 Å². The lowest BCUT2D eigenvalue weighted by atomic mass is 10.3. The number of aromatic amines is 1. The second-order valence-electron chi connectivity index (χ2n) is 5.20. The number of hydrogen-bond donors (Lipinski definition) is 1. The van der Waals surface area contributed by atoms with Crippen molar-refractivity contribution >= 4 is 11.0 Å². The molecule has 0 aliphatic carbocycles. The third-order valence-corrected chi connectivity index (χ3v) is 3.37. The largest absolute Gasteiger partial charge is 0.497 e. The molecular weight excluding hydrogens is 283 g/mol. The van der Waals surface area contributed by atoms with Gasteiger partial charge < -0.3 is 9.72 Å². The number of nitrogens with zero attached hydrogens (tertiary/aromatic N) is 3. The molecule has 0 bridgehead atoms. The van der Waals surface area contributed by atoms with Gasteiger partial charge in [-0.1, -0.05) is 0 Å². The Balaban J connectivity index is 1.70. The van der Waals surface area contributed by atoms with Crippen LogP contribution in [0.1, 0.15) is 11.5 Å². The van der Waals surface area contributed by atoms with E-state index in [1.807, 2.05) is 19.2 Å². The van der Waals surface area contributed by atoms with Gasteiger partial charge in [0.25, 0.3) is 0 Å². The van der Waals surface area contributed by atoms with Crippen LogP contribution < -0.4 is 4.74 Å². The van der Waals surface area contributed by atoms with Crippen molar-refractivity contribution in [3.63, 3.8) is 0 Å². The molecule has 1 aromatic carbocycles. The molecule has 0 saturated heterocycles. The quantitative estimate of drug-likeness (QED) is 0.787. The van der Waals surface area contributed by atoms with Gasteiger partial charge in [0.1, 0.15) is 17.4 Å². The first kappa shape index (κ1) is 14.5. The van der Waals surface area contributed by atoms with E-state index in [1.54, 1.807) is 19.4 Å². The van der Waals surface area contributed by atoms with Crippen molar-refractivity contribution in [3.05, 3.63) is 53.9 Å². The monoisotopic (exact) mass is 300 g/mol. The molecule has 0 unspecified atom stereocenters. The normalized spacial score (nSPS) is 11.3. The van der Waals surface area contributed by atoms with E-state index in [0.717, 1.165) is 22.8 Å². The van der Waals surface area contributed by atoms with E-state index in [-0.39, 0.29) is 5.82 Å². The van der Waals surface area contributed by atoms with Crippen LogP contribution in [-0.4, -0.2) is 34.0 Å². The predicted octanol–water partition coefficient (Wildman–Crippen LogP) is 2.74. The molecule has 1 N–H and O–H groups in total. The van der Waals surface area contributed by atoms with Gasteiger partial charge in [-0.2, -0.15) is 0 Å². The summed E-state index contributed by atoms with van der Waals surface area (Å²) in [6.07, 6.45) is 1.73. The molecule has 0 fully saturated rings. The number of ether oxygens (including phenoxy) is 1. The molecule has 0 amide bonds. The number of rotatable bonds is 5. The molecular formula is C16H17FN4O. The van der Waals surface area contributed by atoms with Gasteiger partial charge in [0, 0.05) is 18.8 Å². The zero-order valence-electron chi connectivity index (χ0n) is 12.5. The van der Waals surface area contributed by atoms with Gasteiger partial charge in [-0.05, 0) is 31.3 Å². The highest BCUT2D eigenvalue weighted by Crippen LogP contribution is 2.15. The summed E-state index contributed by atoms with van der Waals surface area (Å²) in [6.45, 7) is 1.29. The second kappa shape index (κ2) is 6.11. The Kier molecular flexibility index (Phi) is 4.02. The summed E-state index contributed by atoms with van der Waals surface area (Å²) >= 11 is 0. The fourth-order valence-electron chi connectivity index (χ4n) is 2.37. The van der Waals surface area contributed by atoms with Crippen molar-refractivity contribution in [2.24, 2.45) is 0 Å². The van der Waals surface area contributed by atoms with Crippen LogP contribution in [0.5, 0.6) is 5.75 Å². The topological polar surface area (TPSA) is 54.0 Å². The van der Waals surface area contributed by atoms with Gasteiger partial charge in [-0.25, -0.2) is 9.37 Å². The van der Waals surface area contributed by atoms with Gasteiger partial charge in [0.05, 0.1) is 30.4 Å². The Morgan fingerprint density at radius 1 is 1.23 bits per heavy atom. The molecule has 0 atom stereocenters. The molecule has 0 spiro atoms. The lowest BCUT2D eigenvalue weighted by molar-refractivity contribution is 0.307. The molecule has 0 radical (unpaired) electrons. The maximum Gasteiger partial charge on any atom is 0.125 e. The number of halogens is 1. The Hall–Kier alpha value is -2.47. The fourth-order valence-corrected chi connectivity index (χ4v) is 2.37. The Morgan fingerprint density at radius 3 is 2.91 bits per heavy atom. The predicted molar refractivity (Wildman–Crippen MR) is 82.0 cm³/mol. The summed E-state index contributed by atoms with van der Waals surface area (Å²) in [5.74, 6) is 1.32. The molecule has 0 aliphatic rings. The number of H-pyrrole nitrogens is 1. The number of aromatic nitrogens is 3. The fraction of sp³-hybridized carbons (Fsp3) is 0.250. The van der Waals surface area contributed by atoms with Crippen LogP contribution in [0.2, 0.25) is 0 Å². The number of methoxy groups -OCH3 is 1. The molecule has 0 saturated carbocycles. The van der Waals surface area contributed by atoms with Crippen molar-refractivity contribution in [1.29, 1.82) is 0 Å². The lowest BCUT2D eigenvalue weighted by Gasteiger charge is -2.14. The molecule has 2 heterocycles. The van der Waals surface area contributed by atoms with Crippen LogP contribution in [0.15, 0.2) is 36.5 Å². The first-order valence-corrected chi connectivity index (χ1v) is 6.95. The van der Waals surface area contributed by atoms with Crippen molar-refractivity contribution in [3.8, 4) is 5.75 Å². The minimum atomic E-state index is -0.267. The van der Waals surface area contributed by atoms with Crippen LogP contribution in [-0.2, 0) is 13.1 Å². The summed E-state index contributed by atoms with van der Waals surface area (Å²) in [6, 6.07) is 8.27. The SMILES string of the molecule is COc1ccnc(CN(C)Cc2nc3ccc(F)cc3[nH]2)c1. The number of imidazole rings is 1. The maximum atomic E-state index is 13.2. The third-order valence-electron chi connectivity index (χ3n) is 3.37. The van der Waals surface area contributed by atoms with Crippen LogP contribution >= 0.6 is 0 Å². The number of pyridine rings is 1. The first-order chi connectivity index (χ1) is 10.6. The van der Waals surface area contributed by atoms with Gasteiger partial charge in [0.2, 0.25) is 0 Å². The summed E-state index contributed by atoms with van der Waals surface area (Å²) in [5, 5.41) is 0. The molecule has 2 aromatic heterocycles. The van der Waals surface area contributed by atoms with E-state index in [0.29, 0.717) is 18.6 Å². The zero-order chi connectivity index (χ0) is 15.5. The van der Waals surface area contributed by atoms with Crippen molar-refractivity contribution in [1.82, 2.24) is 19.9 Å². The zero-order valence-corrected chi connectivity index (χ0v) is 12.5. The van der Waals surface area contributed by atoms with E-state index in [4.69, 9.17) is 4.74 Å². The van der Waals surface area contributed by atoms with Crippen molar-refractivity contribution in [2.45, 2.75) is 13.1 Å². The second-order valence-corrected chi connectivity index (χ2v) is 5.20. The average molecular weight is 300 g/mol. The van der Waals surface area contributed by atoms with E-state index in [1.165, 1.54) is 12.1 Å². The van der Waals surface area contributed by atoms with Crippen LogP contribution in [0.25, 0.3) is 11.0 Å². The van der Waals surface area contributed by atoms with E-state index < -0.39 is 0 Å². The lowest BCUT2D eigenvalue weighted by Crippen LogP contribution is -2.18.